The molecule has 118 valence electrons. The van der Waals surface area contributed by atoms with Crippen molar-refractivity contribution < 1.29 is 26.2 Å². The monoisotopic (exact) mass is 354 g/mol. The minimum atomic E-state index is -4.41. The third-order valence-electron chi connectivity index (χ3n) is 1.82. The van der Waals surface area contributed by atoms with E-state index in [1.807, 2.05) is 6.92 Å². The number of rotatable bonds is 8. The maximum absolute atomic E-state index is 11.6. The van der Waals surface area contributed by atoms with E-state index in [9.17, 15) is 17.5 Å². The normalized spacial score (nSPS) is 16.1. The molecule has 0 bridgehead atoms. The van der Waals surface area contributed by atoms with E-state index in [0.717, 1.165) is 18.6 Å². The minimum absolute atomic E-state index is 0.487. The van der Waals surface area contributed by atoms with E-state index < -0.39 is 17.0 Å². The van der Waals surface area contributed by atoms with Gasteiger partial charge in [0.2, 0.25) is 10.4 Å². The van der Waals surface area contributed by atoms with Crippen molar-refractivity contribution in [1.82, 2.24) is 0 Å². The van der Waals surface area contributed by atoms with E-state index in [4.69, 9.17) is 4.52 Å². The molecule has 2 atom stereocenters. The summed E-state index contributed by atoms with van der Waals surface area (Å²) in [6.07, 6.45) is 2.25. The summed E-state index contributed by atoms with van der Waals surface area (Å²) < 4.78 is 47.8. The highest BCUT2D eigenvalue weighted by Gasteiger charge is 2.17. The van der Waals surface area contributed by atoms with Crippen LogP contribution in [0.1, 0.15) is 13.8 Å². The molecule has 0 aliphatic heterocycles. The molecular weight excluding hydrogens is 331 g/mol. The molecule has 0 fully saturated rings. The van der Waals surface area contributed by atoms with Crippen molar-refractivity contribution in [3.63, 3.8) is 0 Å². The lowest BCUT2D eigenvalue weighted by Crippen LogP contribution is -2.09. The van der Waals surface area contributed by atoms with Crippen LogP contribution in [0, 0.1) is 0 Å². The van der Waals surface area contributed by atoms with Crippen molar-refractivity contribution in [2.45, 2.75) is 13.8 Å². The first-order valence-electron chi connectivity index (χ1n) is 5.55. The van der Waals surface area contributed by atoms with Gasteiger partial charge in [0.25, 0.3) is 6.57 Å². The lowest BCUT2D eigenvalue weighted by atomic mass is 10.9. The van der Waals surface area contributed by atoms with Crippen LogP contribution < -0.4 is 0 Å². The second-order valence-corrected chi connectivity index (χ2v) is 12.3. The van der Waals surface area contributed by atoms with Crippen LogP contribution in [0.2, 0.25) is 0 Å². The zero-order valence-corrected chi connectivity index (χ0v) is 15.3. The number of hydrogen-bond donors (Lipinski definition) is 0. The third kappa shape index (κ3) is 18.8. The molecule has 0 spiro atoms. The highest BCUT2D eigenvalue weighted by Crippen LogP contribution is 2.55. The third-order valence-corrected chi connectivity index (χ3v) is 8.23. The van der Waals surface area contributed by atoms with Crippen LogP contribution in [0.3, 0.4) is 0 Å². The van der Waals surface area contributed by atoms with Crippen LogP contribution >= 0.6 is 18.0 Å². The van der Waals surface area contributed by atoms with Gasteiger partial charge in [-0.05, 0) is 24.7 Å². The summed E-state index contributed by atoms with van der Waals surface area (Å²) in [4.78, 5) is 0. The predicted octanol–water partition coefficient (Wildman–Crippen LogP) is 1.94. The Morgan fingerprint density at radius 3 is 2.16 bits per heavy atom. The Morgan fingerprint density at radius 2 is 1.84 bits per heavy atom. The number of hydrogen-bond acceptors (Lipinski definition) is 7. The molecule has 0 saturated heterocycles. The first kappa shape index (κ1) is 22.0. The van der Waals surface area contributed by atoms with E-state index in [-0.39, 0.29) is 0 Å². The van der Waals surface area contributed by atoms with E-state index in [2.05, 4.69) is 17.4 Å². The van der Waals surface area contributed by atoms with Crippen LogP contribution in [-0.4, -0.2) is 56.9 Å². The molecule has 6 nitrogen and oxygen atoms in total. The van der Waals surface area contributed by atoms with Gasteiger partial charge in [0.15, 0.2) is 0 Å². The molecule has 0 amide bonds. The lowest BCUT2D eigenvalue weighted by Gasteiger charge is -2.10. The standard InChI is InChI=1S/C8H20O2PS2.CH4O4S/c1-5-10-11(3,9)12-7-8-13(4)6-2;1-5-6(2,3)4/h5-8H2,1-4H3;1H3,(H,2,3,4)/q+1;/p-1. The van der Waals surface area contributed by atoms with Crippen LogP contribution in [0.4, 0.5) is 0 Å². The van der Waals surface area contributed by atoms with Gasteiger partial charge in [-0.1, -0.05) is 11.4 Å². The van der Waals surface area contributed by atoms with Gasteiger partial charge in [-0.3, -0.25) is 8.75 Å². The van der Waals surface area contributed by atoms with E-state index >= 15 is 0 Å². The SMILES string of the molecule is CCOP(C)(=O)SCC[S+](C)CC.COS(=O)(=O)[O-]. The van der Waals surface area contributed by atoms with Gasteiger partial charge in [-0.2, -0.15) is 0 Å². The first-order chi connectivity index (χ1) is 8.58. The Morgan fingerprint density at radius 1 is 1.37 bits per heavy atom. The zero-order valence-electron chi connectivity index (χ0n) is 11.9. The summed E-state index contributed by atoms with van der Waals surface area (Å²) in [6.45, 7) is 4.00. The van der Waals surface area contributed by atoms with Gasteiger partial charge < -0.3 is 9.08 Å². The molecule has 0 aliphatic carbocycles. The van der Waals surface area contributed by atoms with Crippen molar-refractivity contribution in [2.24, 2.45) is 0 Å². The molecule has 0 N–H and O–H groups in total. The van der Waals surface area contributed by atoms with Crippen molar-refractivity contribution in [2.75, 3.05) is 43.9 Å². The van der Waals surface area contributed by atoms with Gasteiger partial charge in [-0.25, -0.2) is 8.42 Å². The Labute approximate surface area is 123 Å². The van der Waals surface area contributed by atoms with Crippen LogP contribution in [-0.2, 0) is 34.6 Å². The lowest BCUT2D eigenvalue weighted by molar-refractivity contribution is 0.314. The molecule has 10 heteroatoms. The quantitative estimate of drug-likeness (QED) is 0.285. The van der Waals surface area contributed by atoms with Gasteiger partial charge >= 0.3 is 0 Å². The molecule has 0 saturated carbocycles. The van der Waals surface area contributed by atoms with Crippen LogP contribution in [0.15, 0.2) is 0 Å². The fraction of sp³-hybridized carbons (Fsp3) is 1.00. The van der Waals surface area contributed by atoms with E-state index in [1.165, 1.54) is 17.1 Å². The molecule has 2 unspecified atom stereocenters. The second-order valence-electron chi connectivity index (χ2n) is 3.37. The Balaban J connectivity index is 0. The fourth-order valence-electron chi connectivity index (χ4n) is 0.761. The molecule has 0 aliphatic rings. The van der Waals surface area contributed by atoms with Crippen molar-refractivity contribution >= 4 is 39.2 Å². The van der Waals surface area contributed by atoms with Crippen molar-refractivity contribution in [1.29, 1.82) is 0 Å². The molecular formula is C9H23O6PS3. The highest BCUT2D eigenvalue weighted by molar-refractivity contribution is 8.56. The summed E-state index contributed by atoms with van der Waals surface area (Å²) in [7, 11) is -3.12. The fourth-order valence-corrected chi connectivity index (χ4v) is 5.57. The van der Waals surface area contributed by atoms with Crippen LogP contribution in [0.5, 0.6) is 0 Å². The first-order valence-corrected chi connectivity index (χ1v) is 12.5. The highest BCUT2D eigenvalue weighted by atomic mass is 32.7. The summed E-state index contributed by atoms with van der Waals surface area (Å²) in [5.74, 6) is 3.34. The largest absolute Gasteiger partial charge is 0.726 e. The Kier molecular flexibility index (Phi) is 13.3. The van der Waals surface area contributed by atoms with E-state index in [0.29, 0.717) is 17.5 Å². The van der Waals surface area contributed by atoms with Gasteiger partial charge in [0.05, 0.1) is 20.0 Å². The molecule has 0 radical (unpaired) electrons. The second kappa shape index (κ2) is 11.4. The van der Waals surface area contributed by atoms with Gasteiger partial charge in [0.1, 0.15) is 11.5 Å². The average Bonchev–Trinajstić information content (AvgIpc) is 2.28. The summed E-state index contributed by atoms with van der Waals surface area (Å²) in [5.41, 5.74) is 0. The smallest absolute Gasteiger partial charge is 0.254 e. The minimum Gasteiger partial charge on any atom is -0.726 e. The molecule has 0 aromatic heterocycles. The van der Waals surface area contributed by atoms with Gasteiger partial charge in [-0.15, -0.1) is 0 Å². The molecule has 0 aromatic carbocycles. The summed E-state index contributed by atoms with van der Waals surface area (Å²) in [6, 6.07) is 0. The maximum Gasteiger partial charge on any atom is 0.254 e. The summed E-state index contributed by atoms with van der Waals surface area (Å²) >= 11 is 1.49. The van der Waals surface area contributed by atoms with Crippen molar-refractivity contribution in [3.05, 3.63) is 0 Å². The average molecular weight is 354 g/mol. The molecule has 0 heterocycles. The zero-order chi connectivity index (χ0) is 15.5. The molecule has 0 rings (SSSR count). The Bertz CT molecular complexity index is 359. The predicted molar refractivity (Wildman–Crippen MR) is 83.0 cm³/mol. The maximum atomic E-state index is 11.6. The van der Waals surface area contributed by atoms with Crippen LogP contribution in [0.25, 0.3) is 0 Å². The summed E-state index contributed by atoms with van der Waals surface area (Å²) in [5, 5.41) is 0. The Hall–Kier alpha value is 0.760. The molecule has 0 aromatic rings. The van der Waals surface area contributed by atoms with E-state index in [1.54, 1.807) is 6.66 Å². The molecule has 19 heavy (non-hydrogen) atoms. The van der Waals surface area contributed by atoms with Gasteiger partial charge in [0, 0.05) is 12.4 Å². The van der Waals surface area contributed by atoms with Crippen molar-refractivity contribution in [3.8, 4) is 0 Å². The topological polar surface area (TPSA) is 92.7 Å².